The second-order valence-corrected chi connectivity index (χ2v) is 9.54. The summed E-state index contributed by atoms with van der Waals surface area (Å²) in [6.07, 6.45) is -5.49. The number of nitrogens with one attached hydrogen (secondary N) is 1. The SMILES string of the molecule is CO[C@H]1Cn2c(=O)[nH]c(=O)c3cc(C(F)(F)F)cc(c32)[SH](c2cc(Cl)c(F)cc2F)C1. The van der Waals surface area contributed by atoms with Crippen molar-refractivity contribution in [2.24, 2.45) is 0 Å². The zero-order chi connectivity index (χ0) is 22.7. The Hall–Kier alpha value is -2.37. The van der Waals surface area contributed by atoms with Crippen LogP contribution in [-0.4, -0.2) is 28.5 Å². The lowest BCUT2D eigenvalue weighted by Gasteiger charge is -2.26. The number of halogens is 6. The molecule has 2 atom stereocenters. The minimum absolute atomic E-state index is 0.0242. The van der Waals surface area contributed by atoms with Crippen LogP contribution in [0.15, 0.2) is 43.6 Å². The van der Waals surface area contributed by atoms with Crippen molar-refractivity contribution in [1.82, 2.24) is 9.55 Å². The van der Waals surface area contributed by atoms with E-state index in [9.17, 15) is 31.5 Å². The Kier molecular flexibility index (Phi) is 5.39. The van der Waals surface area contributed by atoms with Gasteiger partial charge in [-0.2, -0.15) is 24.1 Å². The molecule has 2 aromatic carbocycles. The lowest BCUT2D eigenvalue weighted by Crippen LogP contribution is -2.34. The first-order valence-corrected chi connectivity index (χ1v) is 10.7. The lowest BCUT2D eigenvalue weighted by atomic mass is 10.1. The minimum atomic E-state index is -4.80. The number of methoxy groups -OCH3 is 1. The van der Waals surface area contributed by atoms with Crippen molar-refractivity contribution in [3.8, 4) is 0 Å². The van der Waals surface area contributed by atoms with Gasteiger partial charge in [-0.1, -0.05) is 11.6 Å². The summed E-state index contributed by atoms with van der Waals surface area (Å²) in [6, 6.07) is 3.04. The zero-order valence-corrected chi connectivity index (χ0v) is 17.3. The van der Waals surface area contributed by atoms with Gasteiger partial charge >= 0.3 is 11.9 Å². The maximum atomic E-state index is 14.7. The van der Waals surface area contributed by atoms with Crippen LogP contribution in [0.2, 0.25) is 5.02 Å². The van der Waals surface area contributed by atoms with Gasteiger partial charge in [0.15, 0.2) is 0 Å². The molecule has 166 valence electrons. The molecule has 0 radical (unpaired) electrons. The van der Waals surface area contributed by atoms with Crippen LogP contribution in [-0.2, 0) is 17.5 Å². The van der Waals surface area contributed by atoms with Crippen LogP contribution in [0.25, 0.3) is 10.9 Å². The average Bonchev–Trinajstić information content (AvgIpc) is 2.85. The van der Waals surface area contributed by atoms with Gasteiger partial charge in [0.05, 0.1) is 34.1 Å². The van der Waals surface area contributed by atoms with Crippen molar-refractivity contribution < 1.29 is 26.7 Å². The van der Waals surface area contributed by atoms with Crippen molar-refractivity contribution in [1.29, 1.82) is 0 Å². The standard InChI is InChI=1S/C19H14ClF5N2O3S/c1-30-9-6-27-16-10(17(28)26-18(27)29)2-8(19(23,24)25)3-15(16)31(7-9)14-4-11(20)12(21)5-13(14)22/h2-5,9,31H,6-7H2,1H3,(H,26,28,29)/t9-/m0/s1. The van der Waals surface area contributed by atoms with E-state index in [0.29, 0.717) is 12.1 Å². The number of hydrogen-bond acceptors (Lipinski definition) is 3. The predicted molar refractivity (Wildman–Crippen MR) is 106 cm³/mol. The van der Waals surface area contributed by atoms with Crippen LogP contribution >= 0.6 is 22.5 Å². The average molecular weight is 481 g/mol. The molecule has 5 nitrogen and oxygen atoms in total. The first-order chi connectivity index (χ1) is 14.5. The third kappa shape index (κ3) is 3.74. The van der Waals surface area contributed by atoms with Gasteiger partial charge in [-0.05, 0) is 18.2 Å². The number of aromatic nitrogens is 2. The van der Waals surface area contributed by atoms with Crippen LogP contribution in [0.4, 0.5) is 22.0 Å². The summed E-state index contributed by atoms with van der Waals surface area (Å²) in [5.74, 6) is -1.98. The molecule has 1 aliphatic rings. The van der Waals surface area contributed by atoms with Crippen molar-refractivity contribution >= 4 is 33.4 Å². The minimum Gasteiger partial charge on any atom is -0.379 e. The fraction of sp³-hybridized carbons (Fsp3) is 0.263. The van der Waals surface area contributed by atoms with Crippen LogP contribution in [0.3, 0.4) is 0 Å². The molecule has 1 aromatic heterocycles. The molecule has 0 spiro atoms. The molecule has 3 aromatic rings. The summed E-state index contributed by atoms with van der Waals surface area (Å²) in [6.45, 7) is -0.0731. The molecule has 1 aliphatic heterocycles. The Morgan fingerprint density at radius 2 is 1.84 bits per heavy atom. The number of alkyl halides is 3. The van der Waals surface area contributed by atoms with Gasteiger partial charge in [0.25, 0.3) is 5.56 Å². The molecule has 0 saturated heterocycles. The molecule has 2 heterocycles. The highest BCUT2D eigenvalue weighted by molar-refractivity contribution is 8.17. The maximum absolute atomic E-state index is 14.7. The molecule has 0 fully saturated rings. The van der Waals surface area contributed by atoms with E-state index >= 15 is 0 Å². The van der Waals surface area contributed by atoms with Gasteiger partial charge in [0, 0.05) is 28.7 Å². The maximum Gasteiger partial charge on any atom is 0.416 e. The van der Waals surface area contributed by atoms with Crippen molar-refractivity contribution in [3.63, 3.8) is 0 Å². The summed E-state index contributed by atoms with van der Waals surface area (Å²) in [5.41, 5.74) is -2.98. The van der Waals surface area contributed by atoms with E-state index in [0.717, 1.165) is 16.7 Å². The van der Waals surface area contributed by atoms with E-state index in [1.54, 1.807) is 0 Å². The number of H-pyrrole nitrogens is 1. The van der Waals surface area contributed by atoms with Crippen LogP contribution in [0.1, 0.15) is 5.56 Å². The summed E-state index contributed by atoms with van der Waals surface area (Å²) in [5, 5.41) is -0.758. The number of rotatable bonds is 2. The van der Waals surface area contributed by atoms with E-state index in [1.165, 1.54) is 7.11 Å². The van der Waals surface area contributed by atoms with E-state index in [2.05, 4.69) is 0 Å². The molecule has 1 N–H and O–H groups in total. The van der Waals surface area contributed by atoms with Crippen molar-refractivity contribution in [3.05, 3.63) is 67.3 Å². The van der Waals surface area contributed by atoms with Gasteiger partial charge in [-0.15, -0.1) is 0 Å². The number of aromatic amines is 1. The highest BCUT2D eigenvalue weighted by Gasteiger charge is 2.35. The first kappa shape index (κ1) is 21.8. The van der Waals surface area contributed by atoms with Crippen LogP contribution < -0.4 is 11.2 Å². The Balaban J connectivity index is 2.15. The smallest absolute Gasteiger partial charge is 0.379 e. The quantitative estimate of drug-likeness (QED) is 0.330. The number of hydrogen-bond donors (Lipinski definition) is 2. The Morgan fingerprint density at radius 1 is 1.13 bits per heavy atom. The van der Waals surface area contributed by atoms with Crippen molar-refractivity contribution in [2.75, 3.05) is 12.9 Å². The van der Waals surface area contributed by atoms with Gasteiger partial charge < -0.3 is 4.74 Å². The number of thiol groups is 1. The fourth-order valence-corrected chi connectivity index (χ4v) is 6.58. The van der Waals surface area contributed by atoms with E-state index in [-0.39, 0.29) is 33.0 Å². The van der Waals surface area contributed by atoms with E-state index in [1.807, 2.05) is 4.98 Å². The van der Waals surface area contributed by atoms with Gasteiger partial charge in [-0.3, -0.25) is 14.3 Å². The van der Waals surface area contributed by atoms with E-state index < -0.39 is 56.6 Å². The number of benzene rings is 2. The summed E-state index contributed by atoms with van der Waals surface area (Å²) >= 11 is 5.82. The third-order valence-electron chi connectivity index (χ3n) is 5.07. The summed E-state index contributed by atoms with van der Waals surface area (Å²) in [7, 11) is -0.601. The molecule has 0 bridgehead atoms. The molecule has 1 unspecified atom stereocenters. The van der Waals surface area contributed by atoms with E-state index in [4.69, 9.17) is 16.3 Å². The normalized spacial score (nSPS) is 20.1. The first-order valence-electron chi connectivity index (χ1n) is 8.84. The van der Waals surface area contributed by atoms with Gasteiger partial charge in [0.1, 0.15) is 11.6 Å². The van der Waals surface area contributed by atoms with Gasteiger partial charge in [0.2, 0.25) is 0 Å². The molecule has 0 aliphatic carbocycles. The predicted octanol–water partition coefficient (Wildman–Crippen LogP) is 4.09. The highest BCUT2D eigenvalue weighted by atomic mass is 35.5. The molecule has 4 rings (SSSR count). The second-order valence-electron chi connectivity index (χ2n) is 6.95. The van der Waals surface area contributed by atoms with Crippen molar-refractivity contribution in [2.45, 2.75) is 28.6 Å². The monoisotopic (exact) mass is 480 g/mol. The van der Waals surface area contributed by atoms with Crippen LogP contribution in [0.5, 0.6) is 0 Å². The molecule has 0 saturated carbocycles. The number of ether oxygens (including phenoxy) is 1. The van der Waals surface area contributed by atoms with Crippen LogP contribution in [0, 0.1) is 11.6 Å². The molecule has 12 heteroatoms. The second kappa shape index (κ2) is 7.64. The largest absolute Gasteiger partial charge is 0.416 e. The Bertz CT molecular complexity index is 1320. The Labute approximate surface area is 178 Å². The third-order valence-corrected chi connectivity index (χ3v) is 7.98. The highest BCUT2D eigenvalue weighted by Crippen LogP contribution is 2.52. The summed E-state index contributed by atoms with van der Waals surface area (Å²) in [4.78, 5) is 26.7. The topological polar surface area (TPSA) is 64.1 Å². The fourth-order valence-electron chi connectivity index (χ4n) is 3.61. The lowest BCUT2D eigenvalue weighted by molar-refractivity contribution is -0.137. The number of nitrogens with zero attached hydrogens (tertiary/aromatic N) is 1. The Morgan fingerprint density at radius 3 is 2.48 bits per heavy atom. The molecular formula is C19H14ClF5N2O3S. The molecular weight excluding hydrogens is 467 g/mol. The summed E-state index contributed by atoms with van der Waals surface area (Å²) < 4.78 is 75.7. The zero-order valence-electron chi connectivity index (χ0n) is 15.7. The molecule has 0 amide bonds. The van der Waals surface area contributed by atoms with Gasteiger partial charge in [-0.25, -0.2) is 13.6 Å². The molecule has 31 heavy (non-hydrogen) atoms.